The largest absolute Gasteiger partial charge is 0.493 e. The Labute approximate surface area is 172 Å². The smallest absolute Gasteiger partial charge is 0.325 e. The van der Waals surface area contributed by atoms with E-state index in [1.54, 1.807) is 12.1 Å². The summed E-state index contributed by atoms with van der Waals surface area (Å²) < 4.78 is 11.0. The third-order valence-corrected chi connectivity index (χ3v) is 5.64. The van der Waals surface area contributed by atoms with Crippen LogP contribution in [0.15, 0.2) is 53.1 Å². The van der Waals surface area contributed by atoms with Crippen molar-refractivity contribution in [3.63, 3.8) is 0 Å². The van der Waals surface area contributed by atoms with E-state index >= 15 is 0 Å². The van der Waals surface area contributed by atoms with Gasteiger partial charge in [0.2, 0.25) is 11.7 Å². The van der Waals surface area contributed by atoms with E-state index in [0.717, 1.165) is 16.9 Å². The highest BCUT2D eigenvalue weighted by Gasteiger charge is 2.55. The molecule has 0 bridgehead atoms. The number of aryl methyl sites for hydroxylation is 1. The van der Waals surface area contributed by atoms with Crippen LogP contribution in [0, 0.1) is 0 Å². The summed E-state index contributed by atoms with van der Waals surface area (Å²) >= 11 is 0. The molecule has 0 aliphatic carbocycles. The van der Waals surface area contributed by atoms with E-state index in [0.29, 0.717) is 30.2 Å². The Balaban J connectivity index is 1.40. The molecule has 2 aromatic carbocycles. The van der Waals surface area contributed by atoms with E-state index in [9.17, 15) is 9.59 Å². The van der Waals surface area contributed by atoms with Crippen LogP contribution in [-0.4, -0.2) is 33.6 Å². The highest BCUT2D eigenvalue weighted by atomic mass is 16.5. The van der Waals surface area contributed by atoms with Gasteiger partial charge in [-0.05, 0) is 18.1 Å². The summed E-state index contributed by atoms with van der Waals surface area (Å²) in [7, 11) is 0. The van der Waals surface area contributed by atoms with Crippen LogP contribution in [0.25, 0.3) is 11.4 Å². The second-order valence-electron chi connectivity index (χ2n) is 7.38. The van der Waals surface area contributed by atoms with Crippen LogP contribution in [0.5, 0.6) is 5.75 Å². The zero-order valence-electron chi connectivity index (χ0n) is 16.4. The number of carbonyl (C=O) groups excluding carboxylic acids is 2. The number of para-hydroxylation sites is 1. The molecule has 1 N–H and O–H groups in total. The molecular formula is C22H20N4O4. The zero-order chi connectivity index (χ0) is 20.7. The molecule has 5 rings (SSSR count). The van der Waals surface area contributed by atoms with Gasteiger partial charge in [0.15, 0.2) is 5.54 Å². The molecule has 0 saturated carbocycles. The van der Waals surface area contributed by atoms with Gasteiger partial charge in [0.1, 0.15) is 12.3 Å². The van der Waals surface area contributed by atoms with Crippen LogP contribution < -0.4 is 10.1 Å². The van der Waals surface area contributed by atoms with E-state index in [4.69, 9.17) is 9.26 Å². The van der Waals surface area contributed by atoms with Crippen LogP contribution in [0.1, 0.15) is 30.4 Å². The molecule has 0 unspecified atom stereocenters. The molecule has 1 atom stereocenters. The van der Waals surface area contributed by atoms with Crippen LogP contribution in [0.4, 0.5) is 4.79 Å². The Morgan fingerprint density at radius 3 is 2.73 bits per heavy atom. The topological polar surface area (TPSA) is 97.6 Å². The number of urea groups is 1. The van der Waals surface area contributed by atoms with Crippen molar-refractivity contribution in [2.24, 2.45) is 0 Å². The van der Waals surface area contributed by atoms with Crippen molar-refractivity contribution in [1.82, 2.24) is 20.4 Å². The molecule has 3 amide bonds. The van der Waals surface area contributed by atoms with Crippen molar-refractivity contribution >= 4 is 11.9 Å². The lowest BCUT2D eigenvalue weighted by molar-refractivity contribution is -0.133. The maximum absolute atomic E-state index is 13.3. The first kappa shape index (κ1) is 18.4. The van der Waals surface area contributed by atoms with Gasteiger partial charge in [-0.3, -0.25) is 9.69 Å². The first-order valence-electron chi connectivity index (χ1n) is 9.89. The maximum Gasteiger partial charge on any atom is 0.325 e. The molecular weight excluding hydrogens is 384 g/mol. The Kier molecular flexibility index (Phi) is 4.27. The number of amides is 3. The summed E-state index contributed by atoms with van der Waals surface area (Å²) in [4.78, 5) is 31.5. The molecule has 1 fully saturated rings. The van der Waals surface area contributed by atoms with Gasteiger partial charge in [0.25, 0.3) is 5.91 Å². The Hall–Kier alpha value is -3.68. The van der Waals surface area contributed by atoms with Crippen molar-refractivity contribution in [3.05, 3.63) is 65.5 Å². The van der Waals surface area contributed by atoms with Gasteiger partial charge in [-0.1, -0.05) is 54.5 Å². The minimum Gasteiger partial charge on any atom is -0.493 e. The SMILES string of the molecule is CCc1ccc(-c2noc(CN3C(=O)N[C@@]4(CCOc5ccccc54)C3=O)n2)cc1. The Bertz CT molecular complexity index is 1120. The van der Waals surface area contributed by atoms with Crippen LogP contribution in [-0.2, 0) is 23.3 Å². The second kappa shape index (κ2) is 6.98. The molecule has 8 nitrogen and oxygen atoms in total. The minimum absolute atomic E-state index is 0.0878. The third kappa shape index (κ3) is 2.83. The number of imide groups is 1. The highest BCUT2D eigenvalue weighted by Crippen LogP contribution is 2.41. The number of ether oxygens (including phenoxy) is 1. The lowest BCUT2D eigenvalue weighted by atomic mass is 9.84. The molecule has 1 spiro atoms. The maximum atomic E-state index is 13.3. The van der Waals surface area contributed by atoms with Gasteiger partial charge in [-0.25, -0.2) is 4.79 Å². The highest BCUT2D eigenvalue weighted by molar-refractivity contribution is 6.07. The fourth-order valence-electron chi connectivity index (χ4n) is 3.98. The summed E-state index contributed by atoms with van der Waals surface area (Å²) in [5, 5.41) is 6.86. The molecule has 1 aromatic heterocycles. The molecule has 1 saturated heterocycles. The fraction of sp³-hybridized carbons (Fsp3) is 0.273. The molecule has 2 aliphatic heterocycles. The summed E-state index contributed by atoms with van der Waals surface area (Å²) in [6.45, 7) is 2.34. The van der Waals surface area contributed by atoms with E-state index in [-0.39, 0.29) is 18.3 Å². The van der Waals surface area contributed by atoms with Gasteiger partial charge >= 0.3 is 6.03 Å². The van der Waals surface area contributed by atoms with Crippen molar-refractivity contribution < 1.29 is 18.8 Å². The predicted octanol–water partition coefficient (Wildman–Crippen LogP) is 3.03. The van der Waals surface area contributed by atoms with Gasteiger partial charge in [-0.2, -0.15) is 4.98 Å². The molecule has 0 radical (unpaired) electrons. The first-order valence-corrected chi connectivity index (χ1v) is 9.89. The Morgan fingerprint density at radius 1 is 1.13 bits per heavy atom. The molecule has 152 valence electrons. The van der Waals surface area contributed by atoms with E-state index < -0.39 is 11.6 Å². The van der Waals surface area contributed by atoms with Gasteiger partial charge in [0.05, 0.1) is 6.61 Å². The lowest BCUT2D eigenvalue weighted by Gasteiger charge is -2.33. The Morgan fingerprint density at radius 2 is 1.93 bits per heavy atom. The van der Waals surface area contributed by atoms with Crippen molar-refractivity contribution in [3.8, 4) is 17.1 Å². The number of fused-ring (bicyclic) bond motifs is 2. The average Bonchev–Trinajstić information content (AvgIpc) is 3.34. The first-order chi connectivity index (χ1) is 14.6. The molecule has 30 heavy (non-hydrogen) atoms. The summed E-state index contributed by atoms with van der Waals surface area (Å²) in [6, 6.07) is 14.7. The average molecular weight is 404 g/mol. The molecule has 3 heterocycles. The van der Waals surface area contributed by atoms with Gasteiger partial charge in [-0.15, -0.1) is 0 Å². The second-order valence-corrected chi connectivity index (χ2v) is 7.38. The van der Waals surface area contributed by atoms with E-state index in [2.05, 4.69) is 22.4 Å². The third-order valence-electron chi connectivity index (χ3n) is 5.64. The summed E-state index contributed by atoms with van der Waals surface area (Å²) in [5.41, 5.74) is 1.57. The molecule has 2 aliphatic rings. The quantitative estimate of drug-likeness (QED) is 0.672. The van der Waals surface area contributed by atoms with E-state index in [1.807, 2.05) is 36.4 Å². The lowest BCUT2D eigenvalue weighted by Crippen LogP contribution is -2.47. The van der Waals surface area contributed by atoms with E-state index in [1.165, 1.54) is 5.56 Å². The number of nitrogens with one attached hydrogen (secondary N) is 1. The zero-order valence-corrected chi connectivity index (χ0v) is 16.4. The molecule has 8 heteroatoms. The van der Waals surface area contributed by atoms with Gasteiger partial charge < -0.3 is 14.6 Å². The van der Waals surface area contributed by atoms with Crippen LogP contribution >= 0.6 is 0 Å². The monoisotopic (exact) mass is 404 g/mol. The molecule has 3 aromatic rings. The number of carbonyl (C=O) groups is 2. The number of hydrogen-bond acceptors (Lipinski definition) is 6. The van der Waals surface area contributed by atoms with Crippen molar-refractivity contribution in [1.29, 1.82) is 0 Å². The minimum atomic E-state index is -1.12. The normalized spacial score (nSPS) is 20.2. The van der Waals surface area contributed by atoms with Crippen molar-refractivity contribution in [2.75, 3.05) is 6.61 Å². The van der Waals surface area contributed by atoms with Crippen LogP contribution in [0.2, 0.25) is 0 Å². The summed E-state index contributed by atoms with van der Waals surface area (Å²) in [5.74, 6) is 0.890. The summed E-state index contributed by atoms with van der Waals surface area (Å²) in [6.07, 6.45) is 1.31. The predicted molar refractivity (Wildman–Crippen MR) is 106 cm³/mol. The number of aromatic nitrogens is 2. The van der Waals surface area contributed by atoms with Crippen molar-refractivity contribution in [2.45, 2.75) is 31.8 Å². The number of hydrogen-bond donors (Lipinski definition) is 1. The van der Waals surface area contributed by atoms with Gasteiger partial charge in [0, 0.05) is 17.5 Å². The fourth-order valence-corrected chi connectivity index (χ4v) is 3.98. The number of nitrogens with zero attached hydrogens (tertiary/aromatic N) is 3. The standard InChI is InChI=1S/C22H20N4O4/c1-2-14-7-9-15(10-8-14)19-23-18(30-25-19)13-26-20(27)22(24-21(26)28)11-12-29-17-6-4-3-5-16(17)22/h3-10H,2,11-13H2,1H3,(H,24,28)/t22-/m1/s1. The number of benzene rings is 2. The number of rotatable bonds is 4. The van der Waals surface area contributed by atoms with Crippen LogP contribution in [0.3, 0.4) is 0 Å².